The van der Waals surface area contributed by atoms with Crippen LogP contribution in [0.2, 0.25) is 10.0 Å². The zero-order valence-electron chi connectivity index (χ0n) is 14.6. The van der Waals surface area contributed by atoms with Gasteiger partial charge >= 0.3 is 0 Å². The zero-order valence-corrected chi connectivity index (χ0v) is 16.9. The Labute approximate surface area is 177 Å². The highest BCUT2D eigenvalue weighted by atomic mass is 35.5. The molecule has 2 unspecified atom stereocenters. The maximum atomic E-state index is 13.0. The second-order valence-corrected chi connectivity index (χ2v) is 8.46. The van der Waals surface area contributed by atoms with E-state index in [1.165, 1.54) is 16.7 Å². The summed E-state index contributed by atoms with van der Waals surface area (Å²) in [7, 11) is 0. The van der Waals surface area contributed by atoms with Gasteiger partial charge in [0.1, 0.15) is 5.25 Å². The first kappa shape index (κ1) is 19.1. The minimum Gasteiger partial charge on any atom is -0.297 e. The lowest BCUT2D eigenvalue weighted by Crippen LogP contribution is -2.29. The van der Waals surface area contributed by atoms with Crippen LogP contribution in [-0.4, -0.2) is 16.9 Å². The number of anilines is 1. The first-order valence-corrected chi connectivity index (χ1v) is 10.3. The number of rotatable bonds is 4. The van der Waals surface area contributed by atoms with Gasteiger partial charge in [-0.2, -0.15) is 0 Å². The summed E-state index contributed by atoms with van der Waals surface area (Å²) in [5.74, 6) is -0.954. The Hall–Kier alpha value is -2.27. The third-order valence-corrected chi connectivity index (χ3v) is 6.31. The summed E-state index contributed by atoms with van der Waals surface area (Å²) >= 11 is 13.6. The van der Waals surface area contributed by atoms with Crippen molar-refractivity contribution in [3.8, 4) is 0 Å². The summed E-state index contributed by atoms with van der Waals surface area (Å²) < 4.78 is 0. The number of ketones is 1. The van der Waals surface area contributed by atoms with E-state index in [0.717, 1.165) is 10.5 Å². The standard InChI is InChI=1S/C22H15Cl2NO2S/c23-15-11-9-14(10-12-15)19-21(28-18-7-2-1-3-8-18)20(26)22(27)25(19)17-6-4-5-16(24)13-17/h1-13,19,21H. The van der Waals surface area contributed by atoms with Crippen LogP contribution in [0.1, 0.15) is 11.6 Å². The molecule has 0 aliphatic carbocycles. The molecule has 1 aliphatic rings. The molecule has 0 spiro atoms. The van der Waals surface area contributed by atoms with E-state index in [4.69, 9.17) is 23.2 Å². The van der Waals surface area contributed by atoms with Gasteiger partial charge in [-0.3, -0.25) is 14.5 Å². The Morgan fingerprint density at radius 2 is 1.50 bits per heavy atom. The van der Waals surface area contributed by atoms with Crippen LogP contribution in [0.4, 0.5) is 5.69 Å². The molecule has 6 heteroatoms. The van der Waals surface area contributed by atoms with Gasteiger partial charge in [-0.15, -0.1) is 11.8 Å². The summed E-state index contributed by atoms with van der Waals surface area (Å²) in [5.41, 5.74) is 1.44. The van der Waals surface area contributed by atoms with Crippen LogP contribution in [0.25, 0.3) is 0 Å². The number of benzene rings is 3. The second kappa shape index (κ2) is 8.00. The molecule has 28 heavy (non-hydrogen) atoms. The summed E-state index contributed by atoms with van der Waals surface area (Å²) in [6.45, 7) is 0. The molecule has 1 saturated heterocycles. The Morgan fingerprint density at radius 3 is 2.18 bits per heavy atom. The minimum absolute atomic E-state index is 0.422. The van der Waals surface area contributed by atoms with Crippen molar-refractivity contribution in [2.45, 2.75) is 16.2 Å². The van der Waals surface area contributed by atoms with Gasteiger partial charge in [-0.25, -0.2) is 0 Å². The fourth-order valence-electron chi connectivity index (χ4n) is 3.30. The summed E-state index contributed by atoms with van der Waals surface area (Å²) in [6.07, 6.45) is 0. The van der Waals surface area contributed by atoms with E-state index < -0.39 is 23.0 Å². The number of hydrogen-bond acceptors (Lipinski definition) is 3. The van der Waals surface area contributed by atoms with Crippen LogP contribution in [0, 0.1) is 0 Å². The normalized spacial score (nSPS) is 19.3. The average Bonchev–Trinajstić information content (AvgIpc) is 2.94. The largest absolute Gasteiger partial charge is 0.297 e. The van der Waals surface area contributed by atoms with E-state index in [1.807, 2.05) is 42.5 Å². The van der Waals surface area contributed by atoms with Crippen LogP contribution in [0.5, 0.6) is 0 Å². The fourth-order valence-corrected chi connectivity index (χ4v) is 4.83. The van der Waals surface area contributed by atoms with E-state index in [1.54, 1.807) is 36.4 Å². The quantitative estimate of drug-likeness (QED) is 0.492. The van der Waals surface area contributed by atoms with Gasteiger partial charge in [0, 0.05) is 20.6 Å². The number of halogens is 2. The Kier molecular flexibility index (Phi) is 5.44. The molecule has 1 fully saturated rings. The molecular weight excluding hydrogens is 413 g/mol. The highest BCUT2D eigenvalue weighted by Crippen LogP contribution is 2.44. The molecule has 2 atom stereocenters. The molecule has 3 aromatic carbocycles. The summed E-state index contributed by atoms with van der Waals surface area (Å²) in [6, 6.07) is 23.4. The second-order valence-electron chi connectivity index (χ2n) is 6.37. The molecule has 1 heterocycles. The number of amides is 1. The van der Waals surface area contributed by atoms with Crippen molar-refractivity contribution in [2.24, 2.45) is 0 Å². The lowest BCUT2D eigenvalue weighted by Gasteiger charge is -2.27. The number of Topliss-reactive ketones (excluding diaryl/α,β-unsaturated/α-hetero) is 1. The van der Waals surface area contributed by atoms with Crippen molar-refractivity contribution >= 4 is 52.3 Å². The highest BCUT2D eigenvalue weighted by Gasteiger charge is 2.49. The number of carbonyl (C=O) groups is 2. The maximum Gasteiger partial charge on any atom is 0.296 e. The third kappa shape index (κ3) is 3.68. The van der Waals surface area contributed by atoms with E-state index in [-0.39, 0.29) is 0 Å². The smallest absolute Gasteiger partial charge is 0.296 e. The molecule has 140 valence electrons. The van der Waals surface area contributed by atoms with Gasteiger partial charge in [-0.1, -0.05) is 59.6 Å². The SMILES string of the molecule is O=C1C(=O)N(c2cccc(Cl)c2)C(c2ccc(Cl)cc2)C1Sc1ccccc1. The lowest BCUT2D eigenvalue weighted by molar-refractivity contribution is -0.133. The molecule has 0 radical (unpaired) electrons. The lowest BCUT2D eigenvalue weighted by atomic mass is 10.0. The fraction of sp³-hybridized carbons (Fsp3) is 0.0909. The van der Waals surface area contributed by atoms with Crippen molar-refractivity contribution < 1.29 is 9.59 Å². The Bertz CT molecular complexity index is 1020. The Morgan fingerprint density at radius 1 is 0.786 bits per heavy atom. The van der Waals surface area contributed by atoms with Crippen molar-refractivity contribution in [3.63, 3.8) is 0 Å². The van der Waals surface area contributed by atoms with Crippen LogP contribution in [0.15, 0.2) is 83.8 Å². The van der Waals surface area contributed by atoms with Crippen LogP contribution < -0.4 is 4.90 Å². The zero-order chi connectivity index (χ0) is 19.7. The van der Waals surface area contributed by atoms with Crippen molar-refractivity contribution in [1.29, 1.82) is 0 Å². The molecule has 0 bridgehead atoms. The van der Waals surface area contributed by atoms with E-state index in [9.17, 15) is 9.59 Å². The third-order valence-electron chi connectivity index (χ3n) is 4.56. The molecule has 1 aliphatic heterocycles. The monoisotopic (exact) mass is 427 g/mol. The van der Waals surface area contributed by atoms with Gasteiger partial charge < -0.3 is 0 Å². The molecular formula is C22H15Cl2NO2S. The average molecular weight is 428 g/mol. The van der Waals surface area contributed by atoms with Crippen LogP contribution in [0.3, 0.4) is 0 Å². The number of carbonyl (C=O) groups excluding carboxylic acids is 2. The molecule has 3 nitrogen and oxygen atoms in total. The van der Waals surface area contributed by atoms with Crippen molar-refractivity contribution in [2.75, 3.05) is 4.90 Å². The van der Waals surface area contributed by atoms with E-state index >= 15 is 0 Å². The van der Waals surface area contributed by atoms with Crippen LogP contribution in [-0.2, 0) is 9.59 Å². The predicted molar refractivity (Wildman–Crippen MR) is 114 cm³/mol. The van der Waals surface area contributed by atoms with E-state index in [0.29, 0.717) is 15.7 Å². The number of hydrogen-bond donors (Lipinski definition) is 0. The van der Waals surface area contributed by atoms with Gasteiger partial charge in [0.05, 0.1) is 6.04 Å². The first-order chi connectivity index (χ1) is 13.5. The highest BCUT2D eigenvalue weighted by molar-refractivity contribution is 8.00. The molecule has 0 saturated carbocycles. The predicted octanol–water partition coefficient (Wildman–Crippen LogP) is 5.81. The van der Waals surface area contributed by atoms with Gasteiger partial charge in [0.25, 0.3) is 5.91 Å². The maximum absolute atomic E-state index is 13.0. The number of nitrogens with zero attached hydrogens (tertiary/aromatic N) is 1. The first-order valence-electron chi connectivity index (χ1n) is 8.65. The molecule has 3 aromatic rings. The summed E-state index contributed by atoms with van der Waals surface area (Å²) in [4.78, 5) is 28.4. The van der Waals surface area contributed by atoms with Gasteiger partial charge in [-0.05, 0) is 48.0 Å². The molecule has 1 amide bonds. The molecule has 4 rings (SSSR count). The molecule has 0 N–H and O–H groups in total. The number of thioether (sulfide) groups is 1. The van der Waals surface area contributed by atoms with Crippen molar-refractivity contribution in [1.82, 2.24) is 0 Å². The van der Waals surface area contributed by atoms with Gasteiger partial charge in [0.2, 0.25) is 5.78 Å². The van der Waals surface area contributed by atoms with Gasteiger partial charge in [0.15, 0.2) is 0 Å². The Balaban J connectivity index is 1.81. The topological polar surface area (TPSA) is 37.4 Å². The van der Waals surface area contributed by atoms with Crippen molar-refractivity contribution in [3.05, 3.63) is 94.5 Å². The van der Waals surface area contributed by atoms with Crippen LogP contribution >= 0.6 is 35.0 Å². The molecule has 0 aromatic heterocycles. The van der Waals surface area contributed by atoms with E-state index in [2.05, 4.69) is 0 Å². The minimum atomic E-state index is -0.574. The summed E-state index contributed by atoms with van der Waals surface area (Å²) in [5, 5.41) is 0.530.